The molecule has 2 aromatic carbocycles. The number of fused-ring (bicyclic) bond motifs is 3. The molecule has 28 heavy (non-hydrogen) atoms. The SMILES string of the molecule is CNCc1cn(S(=O)(=O)c2cccc(F)c2)c2c1CCc1cc(OC)ccc1-2. The van der Waals surface area contributed by atoms with Gasteiger partial charge in [-0.05, 0) is 73.0 Å². The Labute approximate surface area is 163 Å². The molecule has 1 N–H and O–H groups in total. The highest BCUT2D eigenvalue weighted by molar-refractivity contribution is 7.90. The summed E-state index contributed by atoms with van der Waals surface area (Å²) in [7, 11) is -0.506. The molecule has 1 aliphatic rings. The number of nitrogens with zero attached hydrogens (tertiary/aromatic N) is 1. The zero-order valence-electron chi connectivity index (χ0n) is 15.7. The third-order valence-electron chi connectivity index (χ3n) is 5.10. The first-order valence-corrected chi connectivity index (χ1v) is 10.5. The van der Waals surface area contributed by atoms with Gasteiger partial charge in [0.05, 0.1) is 17.7 Å². The van der Waals surface area contributed by atoms with E-state index in [0.29, 0.717) is 12.2 Å². The summed E-state index contributed by atoms with van der Waals surface area (Å²) < 4.78 is 47.0. The van der Waals surface area contributed by atoms with E-state index in [9.17, 15) is 12.8 Å². The third-order valence-corrected chi connectivity index (χ3v) is 6.75. The van der Waals surface area contributed by atoms with Gasteiger partial charge in [0.1, 0.15) is 11.6 Å². The summed E-state index contributed by atoms with van der Waals surface area (Å²) in [6.45, 7) is 0.555. The second kappa shape index (κ2) is 7.07. The van der Waals surface area contributed by atoms with Crippen LogP contribution in [0.2, 0.25) is 0 Å². The molecule has 5 nitrogen and oxygen atoms in total. The zero-order chi connectivity index (χ0) is 19.9. The Morgan fingerprint density at radius 2 is 2.00 bits per heavy atom. The minimum atomic E-state index is -3.94. The summed E-state index contributed by atoms with van der Waals surface area (Å²) in [4.78, 5) is -0.0676. The van der Waals surface area contributed by atoms with Crippen molar-refractivity contribution in [2.45, 2.75) is 24.3 Å². The van der Waals surface area contributed by atoms with E-state index in [4.69, 9.17) is 4.74 Å². The lowest BCUT2D eigenvalue weighted by Crippen LogP contribution is -2.16. The zero-order valence-corrected chi connectivity index (χ0v) is 16.5. The molecule has 0 radical (unpaired) electrons. The summed E-state index contributed by atoms with van der Waals surface area (Å²) in [5, 5.41) is 3.10. The number of aryl methyl sites for hydroxylation is 1. The molecule has 0 bridgehead atoms. The van der Waals surface area contributed by atoms with Gasteiger partial charge >= 0.3 is 0 Å². The first-order chi connectivity index (χ1) is 13.5. The fraction of sp³-hybridized carbons (Fsp3) is 0.238. The normalized spacial score (nSPS) is 13.1. The van der Waals surface area contributed by atoms with Crippen molar-refractivity contribution in [1.29, 1.82) is 0 Å². The predicted molar refractivity (Wildman–Crippen MR) is 106 cm³/mol. The van der Waals surface area contributed by atoms with Crippen molar-refractivity contribution in [1.82, 2.24) is 9.29 Å². The molecule has 1 aromatic heterocycles. The van der Waals surface area contributed by atoms with E-state index < -0.39 is 15.8 Å². The van der Waals surface area contributed by atoms with Crippen molar-refractivity contribution in [3.05, 3.63) is 71.2 Å². The van der Waals surface area contributed by atoms with E-state index in [-0.39, 0.29) is 4.90 Å². The molecule has 0 spiro atoms. The van der Waals surface area contributed by atoms with Crippen LogP contribution in [0, 0.1) is 5.82 Å². The topological polar surface area (TPSA) is 60.3 Å². The maximum atomic E-state index is 13.7. The Morgan fingerprint density at radius 1 is 1.18 bits per heavy atom. The summed E-state index contributed by atoms with van der Waals surface area (Å²) in [6.07, 6.45) is 3.19. The fourth-order valence-corrected chi connectivity index (χ4v) is 5.25. The molecule has 0 fully saturated rings. The van der Waals surface area contributed by atoms with Gasteiger partial charge in [0.25, 0.3) is 10.0 Å². The van der Waals surface area contributed by atoms with Crippen molar-refractivity contribution in [2.24, 2.45) is 0 Å². The van der Waals surface area contributed by atoms with Gasteiger partial charge in [0, 0.05) is 18.3 Å². The summed E-state index contributed by atoms with van der Waals surface area (Å²) >= 11 is 0. The van der Waals surface area contributed by atoms with Crippen molar-refractivity contribution in [2.75, 3.05) is 14.2 Å². The van der Waals surface area contributed by atoms with E-state index >= 15 is 0 Å². The standard InChI is InChI=1S/C21H21FN2O3S/c1-23-12-15-13-24(28(25,26)18-5-3-4-16(22)11-18)21-19-9-7-17(27-2)10-14(19)6-8-20(15)21/h3-5,7,9-11,13,23H,6,8,12H2,1-2H3. The maximum Gasteiger partial charge on any atom is 0.268 e. The third kappa shape index (κ3) is 3.00. The molecular weight excluding hydrogens is 379 g/mol. The van der Waals surface area contributed by atoms with Crippen LogP contribution < -0.4 is 10.1 Å². The van der Waals surface area contributed by atoms with Crippen LogP contribution in [0.25, 0.3) is 11.3 Å². The monoisotopic (exact) mass is 400 g/mol. The first kappa shape index (κ1) is 18.7. The maximum absolute atomic E-state index is 13.7. The molecule has 7 heteroatoms. The molecule has 0 atom stereocenters. The van der Waals surface area contributed by atoms with Gasteiger partial charge in [0.2, 0.25) is 0 Å². The lowest BCUT2D eigenvalue weighted by atomic mass is 9.88. The van der Waals surface area contributed by atoms with Crippen LogP contribution >= 0.6 is 0 Å². The Morgan fingerprint density at radius 3 is 2.71 bits per heavy atom. The van der Waals surface area contributed by atoms with Gasteiger partial charge < -0.3 is 10.1 Å². The molecule has 0 saturated carbocycles. The van der Waals surface area contributed by atoms with Crippen LogP contribution in [-0.2, 0) is 29.4 Å². The van der Waals surface area contributed by atoms with Gasteiger partial charge in [-0.25, -0.2) is 16.8 Å². The van der Waals surface area contributed by atoms with E-state index in [2.05, 4.69) is 5.32 Å². The fourth-order valence-electron chi connectivity index (χ4n) is 3.80. The highest BCUT2D eigenvalue weighted by Crippen LogP contribution is 2.39. The smallest absolute Gasteiger partial charge is 0.268 e. The van der Waals surface area contributed by atoms with E-state index in [1.165, 1.54) is 22.2 Å². The average Bonchev–Trinajstić information content (AvgIpc) is 3.07. The molecule has 1 aliphatic carbocycles. The van der Waals surface area contributed by atoms with E-state index in [0.717, 1.165) is 46.9 Å². The molecule has 146 valence electrons. The number of methoxy groups -OCH3 is 1. The van der Waals surface area contributed by atoms with Crippen LogP contribution in [0.5, 0.6) is 5.75 Å². The van der Waals surface area contributed by atoms with Gasteiger partial charge in [-0.2, -0.15) is 0 Å². The van der Waals surface area contributed by atoms with Crippen molar-refractivity contribution in [3.8, 4) is 17.0 Å². The van der Waals surface area contributed by atoms with Crippen LogP contribution in [0.1, 0.15) is 16.7 Å². The number of hydrogen-bond donors (Lipinski definition) is 1. The molecule has 0 saturated heterocycles. The van der Waals surface area contributed by atoms with Crippen molar-refractivity contribution < 1.29 is 17.5 Å². The lowest BCUT2D eigenvalue weighted by molar-refractivity contribution is 0.414. The molecule has 3 aromatic rings. The predicted octanol–water partition coefficient (Wildman–Crippen LogP) is 3.36. The van der Waals surface area contributed by atoms with Crippen LogP contribution in [0.4, 0.5) is 4.39 Å². The number of halogens is 1. The number of hydrogen-bond acceptors (Lipinski definition) is 4. The van der Waals surface area contributed by atoms with E-state index in [1.54, 1.807) is 13.3 Å². The minimum Gasteiger partial charge on any atom is -0.497 e. The molecule has 0 aliphatic heterocycles. The largest absolute Gasteiger partial charge is 0.497 e. The lowest BCUT2D eigenvalue weighted by Gasteiger charge is -2.21. The Kier molecular flexibility index (Phi) is 4.72. The van der Waals surface area contributed by atoms with Gasteiger partial charge in [-0.15, -0.1) is 0 Å². The van der Waals surface area contributed by atoms with Crippen LogP contribution in [0.15, 0.2) is 53.6 Å². The Balaban J connectivity index is 1.97. The van der Waals surface area contributed by atoms with Gasteiger partial charge in [-0.1, -0.05) is 6.07 Å². The number of aromatic nitrogens is 1. The molecule has 0 unspecified atom stereocenters. The second-order valence-electron chi connectivity index (χ2n) is 6.79. The summed E-state index contributed by atoms with van der Waals surface area (Å²) in [5.74, 6) is 0.159. The number of nitrogens with one attached hydrogen (secondary N) is 1. The Hall–Kier alpha value is -2.64. The summed E-state index contributed by atoms with van der Waals surface area (Å²) in [6, 6.07) is 10.8. The van der Waals surface area contributed by atoms with E-state index in [1.807, 2.05) is 25.2 Å². The Bertz CT molecular complexity index is 1150. The number of ether oxygens (including phenoxy) is 1. The van der Waals surface area contributed by atoms with Crippen molar-refractivity contribution >= 4 is 10.0 Å². The highest BCUT2D eigenvalue weighted by Gasteiger charge is 2.29. The van der Waals surface area contributed by atoms with Crippen LogP contribution in [0.3, 0.4) is 0 Å². The summed E-state index contributed by atoms with van der Waals surface area (Å²) in [5.41, 5.74) is 4.49. The minimum absolute atomic E-state index is 0.0676. The average molecular weight is 400 g/mol. The molecule has 4 rings (SSSR count). The second-order valence-corrected chi connectivity index (χ2v) is 8.61. The quantitative estimate of drug-likeness (QED) is 0.714. The van der Waals surface area contributed by atoms with Crippen molar-refractivity contribution in [3.63, 3.8) is 0 Å². The number of benzene rings is 2. The molecule has 0 amide bonds. The first-order valence-electron chi connectivity index (χ1n) is 9.02. The molecule has 1 heterocycles. The number of rotatable bonds is 5. The highest BCUT2D eigenvalue weighted by atomic mass is 32.2. The van der Waals surface area contributed by atoms with Crippen LogP contribution in [-0.4, -0.2) is 26.5 Å². The van der Waals surface area contributed by atoms with Gasteiger partial charge in [-0.3, -0.25) is 0 Å². The molecular formula is C21H21FN2O3S. The van der Waals surface area contributed by atoms with Gasteiger partial charge in [0.15, 0.2) is 0 Å².